The summed E-state index contributed by atoms with van der Waals surface area (Å²) >= 11 is 0. The van der Waals surface area contributed by atoms with Crippen LogP contribution in [0.25, 0.3) is 21.7 Å². The van der Waals surface area contributed by atoms with E-state index in [9.17, 15) is 19.8 Å². The number of hydrogen-bond acceptors (Lipinski definition) is 5. The maximum atomic E-state index is 12.9. The molecule has 1 aromatic heterocycles. The van der Waals surface area contributed by atoms with Gasteiger partial charge in [-0.2, -0.15) is 0 Å². The number of pyridine rings is 1. The monoisotopic (exact) mass is 359 g/mol. The van der Waals surface area contributed by atoms with Crippen LogP contribution in [0.4, 0.5) is 0 Å². The van der Waals surface area contributed by atoms with Gasteiger partial charge in [0.15, 0.2) is 5.75 Å². The molecule has 4 aromatic rings. The number of carboxylic acids is 1. The van der Waals surface area contributed by atoms with Crippen LogP contribution in [-0.4, -0.2) is 27.1 Å². The number of carboxylic acid groups (broad SMARTS) is 1. The highest BCUT2D eigenvalue weighted by Crippen LogP contribution is 2.32. The predicted octanol–water partition coefficient (Wildman–Crippen LogP) is 4.01. The average molecular weight is 359 g/mol. The summed E-state index contributed by atoms with van der Waals surface area (Å²) in [5, 5.41) is 21.6. The van der Waals surface area contributed by atoms with E-state index in [1.807, 2.05) is 6.07 Å². The molecule has 132 valence electrons. The molecule has 2 N–H and O–H groups in total. The molecule has 6 nitrogen and oxygen atoms in total. The first-order valence-electron chi connectivity index (χ1n) is 8.10. The van der Waals surface area contributed by atoms with Crippen LogP contribution in [0.2, 0.25) is 0 Å². The minimum absolute atomic E-state index is 0.0302. The number of hydrogen-bond donors (Lipinski definition) is 2. The fourth-order valence-corrected chi connectivity index (χ4v) is 3.01. The summed E-state index contributed by atoms with van der Waals surface area (Å²) in [6.45, 7) is 0. The Kier molecular flexibility index (Phi) is 3.93. The van der Waals surface area contributed by atoms with Crippen molar-refractivity contribution in [3.63, 3.8) is 0 Å². The number of ether oxygens (including phenoxy) is 1. The van der Waals surface area contributed by atoms with Crippen LogP contribution in [0.1, 0.15) is 20.7 Å². The molecule has 0 aliphatic heterocycles. The van der Waals surface area contributed by atoms with E-state index in [1.165, 1.54) is 18.3 Å². The number of phenols is 1. The summed E-state index contributed by atoms with van der Waals surface area (Å²) < 4.78 is 5.45. The quantitative estimate of drug-likeness (QED) is 0.424. The number of carbonyl (C=O) groups is 2. The summed E-state index contributed by atoms with van der Waals surface area (Å²) in [5.41, 5.74) is 0.0390. The molecule has 4 rings (SSSR count). The minimum atomic E-state index is -1.24. The number of aromatic hydroxyl groups is 1. The SMILES string of the molecule is O=C(O)c1ccc2cccnc2c1OC(=O)c1c(O)ccc2ccccc12. The van der Waals surface area contributed by atoms with Gasteiger partial charge >= 0.3 is 11.9 Å². The molecule has 0 fully saturated rings. The number of rotatable bonds is 3. The van der Waals surface area contributed by atoms with Gasteiger partial charge in [0.05, 0.1) is 0 Å². The largest absolute Gasteiger partial charge is 0.507 e. The van der Waals surface area contributed by atoms with Gasteiger partial charge in [0.2, 0.25) is 0 Å². The van der Waals surface area contributed by atoms with E-state index in [0.29, 0.717) is 10.8 Å². The Morgan fingerprint density at radius 1 is 0.889 bits per heavy atom. The van der Waals surface area contributed by atoms with Crippen LogP contribution in [0.3, 0.4) is 0 Å². The molecule has 0 amide bonds. The maximum Gasteiger partial charge on any atom is 0.348 e. The Hall–Kier alpha value is -3.93. The lowest BCUT2D eigenvalue weighted by Crippen LogP contribution is -2.13. The normalized spacial score (nSPS) is 10.8. The van der Waals surface area contributed by atoms with Crippen molar-refractivity contribution in [3.05, 3.63) is 78.0 Å². The molecule has 1 heterocycles. The second-order valence-electron chi connectivity index (χ2n) is 5.89. The second-order valence-corrected chi connectivity index (χ2v) is 5.89. The van der Waals surface area contributed by atoms with Crippen LogP contribution < -0.4 is 4.74 Å². The highest BCUT2D eigenvalue weighted by Gasteiger charge is 2.23. The fraction of sp³-hybridized carbons (Fsp3) is 0. The van der Waals surface area contributed by atoms with E-state index in [-0.39, 0.29) is 28.1 Å². The van der Waals surface area contributed by atoms with Gasteiger partial charge in [0.25, 0.3) is 0 Å². The molecule has 0 saturated carbocycles. The molecule has 0 bridgehead atoms. The van der Waals surface area contributed by atoms with Crippen molar-refractivity contribution in [1.82, 2.24) is 4.98 Å². The van der Waals surface area contributed by atoms with Crippen molar-refractivity contribution in [1.29, 1.82) is 0 Å². The zero-order chi connectivity index (χ0) is 19.0. The molecule has 0 radical (unpaired) electrons. The van der Waals surface area contributed by atoms with Crippen LogP contribution in [0, 0.1) is 0 Å². The van der Waals surface area contributed by atoms with Crippen molar-refractivity contribution in [3.8, 4) is 11.5 Å². The number of aromatic carboxylic acids is 1. The van der Waals surface area contributed by atoms with Gasteiger partial charge < -0.3 is 14.9 Å². The average Bonchev–Trinajstić information content (AvgIpc) is 2.67. The Morgan fingerprint density at radius 2 is 1.63 bits per heavy atom. The molecule has 0 saturated heterocycles. The number of esters is 1. The van der Waals surface area contributed by atoms with Gasteiger partial charge in [-0.25, -0.2) is 9.59 Å². The number of benzene rings is 3. The van der Waals surface area contributed by atoms with Gasteiger partial charge in [0.1, 0.15) is 22.4 Å². The topological polar surface area (TPSA) is 96.7 Å². The standard InChI is InChI=1S/C21H13NO5/c23-16-10-8-12-4-1-2-6-14(12)17(16)21(26)27-19-15(20(24)25)9-7-13-5-3-11-22-18(13)19/h1-11,23H,(H,24,25). The number of aromatic nitrogens is 1. The van der Waals surface area contributed by atoms with Crippen LogP contribution >= 0.6 is 0 Å². The first-order valence-corrected chi connectivity index (χ1v) is 8.10. The van der Waals surface area contributed by atoms with Crippen molar-refractivity contribution in [2.75, 3.05) is 0 Å². The Bertz CT molecular complexity index is 1220. The first-order chi connectivity index (χ1) is 13.1. The van der Waals surface area contributed by atoms with Crippen LogP contribution in [0.15, 0.2) is 66.9 Å². The highest BCUT2D eigenvalue weighted by molar-refractivity contribution is 6.09. The molecule has 6 heteroatoms. The second kappa shape index (κ2) is 6.42. The van der Waals surface area contributed by atoms with Gasteiger partial charge in [-0.15, -0.1) is 0 Å². The molecular formula is C21H13NO5. The van der Waals surface area contributed by atoms with E-state index < -0.39 is 11.9 Å². The number of fused-ring (bicyclic) bond motifs is 2. The van der Waals surface area contributed by atoms with Crippen molar-refractivity contribution < 1.29 is 24.5 Å². The summed E-state index contributed by atoms with van der Waals surface area (Å²) in [5.74, 6) is -2.50. The van der Waals surface area contributed by atoms with E-state index in [0.717, 1.165) is 5.39 Å². The van der Waals surface area contributed by atoms with Crippen LogP contribution in [0.5, 0.6) is 11.5 Å². The lowest BCUT2D eigenvalue weighted by Gasteiger charge is -2.12. The highest BCUT2D eigenvalue weighted by atomic mass is 16.5. The lowest BCUT2D eigenvalue weighted by atomic mass is 10.0. The molecule has 0 atom stereocenters. The van der Waals surface area contributed by atoms with E-state index in [2.05, 4.69) is 4.98 Å². The van der Waals surface area contributed by atoms with E-state index >= 15 is 0 Å². The summed E-state index contributed by atoms with van der Waals surface area (Å²) in [4.78, 5) is 28.6. The van der Waals surface area contributed by atoms with Gasteiger partial charge in [-0.1, -0.05) is 42.5 Å². The van der Waals surface area contributed by atoms with Crippen molar-refractivity contribution >= 4 is 33.6 Å². The Balaban J connectivity index is 1.88. The molecule has 0 spiro atoms. The first kappa shape index (κ1) is 16.5. The van der Waals surface area contributed by atoms with E-state index in [4.69, 9.17) is 4.74 Å². The Labute approximate surface area is 153 Å². The Morgan fingerprint density at radius 3 is 2.44 bits per heavy atom. The van der Waals surface area contributed by atoms with Gasteiger partial charge in [0, 0.05) is 11.6 Å². The molecular weight excluding hydrogens is 346 g/mol. The summed E-state index contributed by atoms with van der Waals surface area (Å²) in [6.07, 6.45) is 1.49. The summed E-state index contributed by atoms with van der Waals surface area (Å²) in [6, 6.07) is 16.5. The number of carbonyl (C=O) groups excluding carboxylic acids is 1. The van der Waals surface area contributed by atoms with Crippen molar-refractivity contribution in [2.24, 2.45) is 0 Å². The summed E-state index contributed by atoms with van der Waals surface area (Å²) in [7, 11) is 0. The van der Waals surface area contributed by atoms with Gasteiger partial charge in [-0.3, -0.25) is 4.98 Å². The minimum Gasteiger partial charge on any atom is -0.507 e. The lowest BCUT2D eigenvalue weighted by molar-refractivity contribution is 0.0682. The maximum absolute atomic E-state index is 12.9. The molecule has 27 heavy (non-hydrogen) atoms. The number of nitrogens with zero attached hydrogens (tertiary/aromatic N) is 1. The molecule has 0 unspecified atom stereocenters. The zero-order valence-corrected chi connectivity index (χ0v) is 13.9. The smallest absolute Gasteiger partial charge is 0.348 e. The third-order valence-corrected chi connectivity index (χ3v) is 4.26. The zero-order valence-electron chi connectivity index (χ0n) is 13.9. The third-order valence-electron chi connectivity index (χ3n) is 4.26. The fourth-order valence-electron chi connectivity index (χ4n) is 3.01. The molecule has 3 aromatic carbocycles. The predicted molar refractivity (Wildman–Crippen MR) is 99.3 cm³/mol. The van der Waals surface area contributed by atoms with Crippen molar-refractivity contribution in [2.45, 2.75) is 0 Å². The third kappa shape index (κ3) is 2.83. The molecule has 0 aliphatic carbocycles. The van der Waals surface area contributed by atoms with E-state index in [1.54, 1.807) is 42.5 Å². The molecule has 0 aliphatic rings. The number of phenolic OH excluding ortho intramolecular Hbond substituents is 1. The van der Waals surface area contributed by atoms with Gasteiger partial charge in [-0.05, 0) is 29.0 Å². The van der Waals surface area contributed by atoms with Crippen LogP contribution in [-0.2, 0) is 0 Å².